The summed E-state index contributed by atoms with van der Waals surface area (Å²) >= 11 is 0. The van der Waals surface area contributed by atoms with Crippen LogP contribution in [0.25, 0.3) is 0 Å². The van der Waals surface area contributed by atoms with Gasteiger partial charge in [0.15, 0.2) is 0 Å². The molecule has 0 heterocycles. The van der Waals surface area contributed by atoms with Crippen LogP contribution in [0.1, 0.15) is 15.3 Å². The fraction of sp³-hybridized carbons (Fsp3) is 0.800. The molecule has 0 aromatic carbocycles. The van der Waals surface area contributed by atoms with Crippen LogP contribution in [0, 0.1) is 5.41 Å². The van der Waals surface area contributed by atoms with Crippen LogP contribution in [-0.4, -0.2) is 22.8 Å². The van der Waals surface area contributed by atoms with E-state index in [-0.39, 0.29) is 26.9 Å². The van der Waals surface area contributed by atoms with E-state index in [2.05, 4.69) is 0 Å². The first kappa shape index (κ1) is 11.8. The van der Waals surface area contributed by atoms with Crippen molar-refractivity contribution in [2.45, 2.75) is 13.8 Å². The van der Waals surface area contributed by atoms with Gasteiger partial charge in [-0.05, 0) is 13.8 Å². The Labute approximate surface area is 67.7 Å². The summed E-state index contributed by atoms with van der Waals surface area (Å²) in [5.74, 6) is -0.972. The first-order valence-corrected chi connectivity index (χ1v) is 2.35. The molecule has 0 aromatic heterocycles. The van der Waals surface area contributed by atoms with E-state index in [0.717, 1.165) is 0 Å². The Hall–Kier alpha value is 0.0274. The van der Waals surface area contributed by atoms with E-state index in [1.165, 1.54) is 13.8 Å². The van der Waals surface area contributed by atoms with Gasteiger partial charge in [0.05, 0.1) is 12.0 Å². The van der Waals surface area contributed by atoms with E-state index in [1.807, 2.05) is 0 Å². The van der Waals surface area contributed by atoms with Gasteiger partial charge in [0.25, 0.3) is 0 Å². The molecule has 0 unspecified atom stereocenters. The molecular formula is C5H11LiO3. The number of aliphatic hydroxyl groups excluding tert-OH is 1. The monoisotopic (exact) mass is 126 g/mol. The van der Waals surface area contributed by atoms with Crippen molar-refractivity contribution in [3.8, 4) is 0 Å². The maximum Gasteiger partial charge on any atom is 1.00 e. The zero-order valence-electron chi connectivity index (χ0n) is 7.01. The van der Waals surface area contributed by atoms with E-state index >= 15 is 0 Å². The van der Waals surface area contributed by atoms with Crippen LogP contribution in [0.4, 0.5) is 0 Å². The smallest absolute Gasteiger partial charge is 1.00 e. The molecule has 50 valence electrons. The topological polar surface area (TPSA) is 57.5 Å². The summed E-state index contributed by atoms with van der Waals surface area (Å²) in [6.07, 6.45) is 0. The quantitative estimate of drug-likeness (QED) is 0.393. The van der Waals surface area contributed by atoms with Crippen molar-refractivity contribution in [1.29, 1.82) is 0 Å². The maximum atomic E-state index is 10.1. The zero-order chi connectivity index (χ0) is 6.78. The molecule has 0 bridgehead atoms. The van der Waals surface area contributed by atoms with Crippen molar-refractivity contribution in [2.24, 2.45) is 5.41 Å². The van der Waals surface area contributed by atoms with Crippen molar-refractivity contribution in [3.63, 3.8) is 0 Å². The predicted molar refractivity (Wildman–Crippen MR) is 29.6 cm³/mol. The van der Waals surface area contributed by atoms with Gasteiger partial charge in [0, 0.05) is 0 Å². The summed E-state index contributed by atoms with van der Waals surface area (Å²) < 4.78 is 0. The Balaban J connectivity index is -0.000000245. The second-order valence-corrected chi connectivity index (χ2v) is 2.35. The van der Waals surface area contributed by atoms with Crippen molar-refractivity contribution in [3.05, 3.63) is 0 Å². The number of aliphatic carboxylic acids is 1. The predicted octanol–water partition coefficient (Wildman–Crippen LogP) is -2.79. The van der Waals surface area contributed by atoms with E-state index < -0.39 is 11.4 Å². The molecule has 0 atom stereocenters. The Morgan fingerprint density at radius 3 is 2.00 bits per heavy atom. The summed E-state index contributed by atoms with van der Waals surface area (Å²) in [6, 6.07) is 0. The van der Waals surface area contributed by atoms with E-state index in [0.29, 0.717) is 0 Å². The molecule has 0 amide bonds. The van der Waals surface area contributed by atoms with Gasteiger partial charge in [0.2, 0.25) is 0 Å². The molecule has 0 aliphatic rings. The Kier molecular flexibility index (Phi) is 5.16. The largest absolute Gasteiger partial charge is 1.00 e. The molecule has 9 heavy (non-hydrogen) atoms. The average Bonchev–Trinajstić information content (AvgIpc) is 1.67. The zero-order valence-corrected chi connectivity index (χ0v) is 6.01. The molecule has 0 rings (SSSR count). The van der Waals surface area contributed by atoms with Crippen molar-refractivity contribution >= 4 is 5.97 Å². The Morgan fingerprint density at radius 1 is 1.67 bits per heavy atom. The minimum Gasteiger partial charge on any atom is -1.00 e. The average molecular weight is 126 g/mol. The van der Waals surface area contributed by atoms with Crippen LogP contribution >= 0.6 is 0 Å². The van der Waals surface area contributed by atoms with Gasteiger partial charge in [0.1, 0.15) is 0 Å². The second kappa shape index (κ2) is 3.94. The van der Waals surface area contributed by atoms with E-state index in [4.69, 9.17) is 10.2 Å². The fourth-order valence-electron chi connectivity index (χ4n) is 0.0676. The van der Waals surface area contributed by atoms with Gasteiger partial charge in [-0.15, -0.1) is 0 Å². The van der Waals surface area contributed by atoms with E-state index in [9.17, 15) is 4.79 Å². The summed E-state index contributed by atoms with van der Waals surface area (Å²) in [5, 5.41) is 16.7. The Morgan fingerprint density at radius 2 is 2.00 bits per heavy atom. The van der Waals surface area contributed by atoms with Crippen molar-refractivity contribution in [1.82, 2.24) is 0 Å². The van der Waals surface area contributed by atoms with Gasteiger partial charge < -0.3 is 11.6 Å². The summed E-state index contributed by atoms with van der Waals surface area (Å²) in [7, 11) is 0. The van der Waals surface area contributed by atoms with Crippen molar-refractivity contribution in [2.75, 3.05) is 6.61 Å². The minimum absolute atomic E-state index is 0. The molecule has 4 heteroatoms. The molecule has 0 aliphatic heterocycles. The molecule has 0 aliphatic carbocycles. The second-order valence-electron chi connectivity index (χ2n) is 2.35. The molecule has 0 fully saturated rings. The van der Waals surface area contributed by atoms with Crippen LogP contribution in [0.15, 0.2) is 0 Å². The molecule has 0 radical (unpaired) electrons. The summed E-state index contributed by atoms with van der Waals surface area (Å²) in [4.78, 5) is 10.1. The van der Waals surface area contributed by atoms with Gasteiger partial charge >= 0.3 is 24.8 Å². The maximum absolute atomic E-state index is 10.1. The number of aliphatic hydroxyl groups is 1. The molecule has 3 nitrogen and oxygen atoms in total. The third kappa shape index (κ3) is 3.58. The van der Waals surface area contributed by atoms with Crippen LogP contribution in [0.3, 0.4) is 0 Å². The van der Waals surface area contributed by atoms with Crippen LogP contribution in [-0.2, 0) is 4.79 Å². The van der Waals surface area contributed by atoms with E-state index in [1.54, 1.807) is 0 Å². The molecule has 0 spiro atoms. The molecular weight excluding hydrogens is 115 g/mol. The number of carbonyl (C=O) groups is 1. The molecule has 2 N–H and O–H groups in total. The summed E-state index contributed by atoms with van der Waals surface area (Å²) in [5.41, 5.74) is -0.986. The van der Waals surface area contributed by atoms with Crippen LogP contribution in [0.2, 0.25) is 0 Å². The minimum atomic E-state index is -0.986. The molecule has 0 saturated heterocycles. The first-order chi connectivity index (χ1) is 3.50. The van der Waals surface area contributed by atoms with Crippen LogP contribution < -0.4 is 18.9 Å². The van der Waals surface area contributed by atoms with Crippen LogP contribution in [0.5, 0.6) is 0 Å². The first-order valence-electron chi connectivity index (χ1n) is 2.35. The normalized spacial score (nSPS) is 10.1. The number of hydrogen-bond acceptors (Lipinski definition) is 2. The van der Waals surface area contributed by atoms with Gasteiger partial charge in [-0.1, -0.05) is 0 Å². The Bertz CT molecular complexity index is 105. The van der Waals surface area contributed by atoms with Gasteiger partial charge in [-0.25, -0.2) is 0 Å². The molecule has 0 aromatic rings. The van der Waals surface area contributed by atoms with Gasteiger partial charge in [-0.3, -0.25) is 4.79 Å². The number of carboxylic acids is 1. The van der Waals surface area contributed by atoms with Gasteiger partial charge in [-0.2, -0.15) is 0 Å². The standard InChI is InChI=1S/C5H10O3.Li.H/c1-5(2,3-6)4(7)8;;/h6H,3H2,1-2H3,(H,7,8);;/q;+1;-1. The number of hydrogen-bond donors (Lipinski definition) is 2. The third-order valence-electron chi connectivity index (χ3n) is 0.974. The number of carboxylic acid groups (broad SMARTS) is 1. The van der Waals surface area contributed by atoms with Crippen molar-refractivity contribution < 1.29 is 35.3 Å². The SMILES string of the molecule is CC(C)(CO)C(=O)O.[H-].[Li+]. The molecule has 0 saturated carbocycles. The fourth-order valence-corrected chi connectivity index (χ4v) is 0.0676. The summed E-state index contributed by atoms with van der Waals surface area (Å²) in [6.45, 7) is 2.62. The number of rotatable bonds is 2. The third-order valence-corrected chi connectivity index (χ3v) is 0.974.